The van der Waals surface area contributed by atoms with E-state index in [9.17, 15) is 18.0 Å². The number of rotatable bonds is 8. The second-order valence-electron chi connectivity index (χ2n) is 8.83. The van der Waals surface area contributed by atoms with Gasteiger partial charge in [-0.05, 0) is 41.3 Å². The molecule has 1 heterocycles. The molecule has 180 valence electrons. The first-order valence-corrected chi connectivity index (χ1v) is 11.5. The number of hydrogen-bond donors (Lipinski definition) is 0. The minimum absolute atomic E-state index is 0.192. The first kappa shape index (κ1) is 25.5. The van der Waals surface area contributed by atoms with Crippen molar-refractivity contribution in [1.82, 2.24) is 9.80 Å². The Morgan fingerprint density at radius 3 is 2.15 bits per heavy atom. The Kier molecular flexibility index (Phi) is 8.79. The number of benzene rings is 2. The Balaban J connectivity index is 1.62. The number of nitrogens with zero attached hydrogens (tertiary/aromatic N) is 2. The van der Waals surface area contributed by atoms with E-state index in [0.717, 1.165) is 30.8 Å². The van der Waals surface area contributed by atoms with Crippen molar-refractivity contribution in [3.8, 4) is 0 Å². The molecule has 0 aliphatic carbocycles. The molecule has 33 heavy (non-hydrogen) atoms. The molecule has 3 rings (SSSR count). The zero-order valence-corrected chi connectivity index (χ0v) is 19.7. The molecule has 1 aliphatic heterocycles. The summed E-state index contributed by atoms with van der Waals surface area (Å²) in [6.07, 6.45) is -4.07. The summed E-state index contributed by atoms with van der Waals surface area (Å²) in [5, 5.41) is 0.623. The van der Waals surface area contributed by atoms with Gasteiger partial charge in [-0.3, -0.25) is 9.69 Å². The molecule has 0 saturated carbocycles. The maximum Gasteiger partial charge on any atom is 0.416 e. The summed E-state index contributed by atoms with van der Waals surface area (Å²) in [6.45, 7) is 7.75. The van der Waals surface area contributed by atoms with E-state index in [2.05, 4.69) is 4.90 Å². The van der Waals surface area contributed by atoms with Crippen LogP contribution in [0.5, 0.6) is 0 Å². The number of carbonyl (C=O) groups excluding carboxylic acids is 1. The third-order valence-electron chi connectivity index (χ3n) is 5.71. The highest BCUT2D eigenvalue weighted by Gasteiger charge is 2.30. The van der Waals surface area contributed by atoms with Crippen molar-refractivity contribution in [1.29, 1.82) is 0 Å². The molecule has 0 aromatic heterocycles. The lowest BCUT2D eigenvalue weighted by atomic mass is 10.1. The maximum atomic E-state index is 12.8. The molecular formula is C25H30ClF3N2O2. The normalized spacial score (nSPS) is 16.3. The van der Waals surface area contributed by atoms with Crippen molar-refractivity contribution in [3.05, 3.63) is 70.2 Å². The summed E-state index contributed by atoms with van der Waals surface area (Å²) in [5.74, 6) is 0.529. The van der Waals surface area contributed by atoms with Gasteiger partial charge in [-0.15, -0.1) is 0 Å². The van der Waals surface area contributed by atoms with Crippen molar-refractivity contribution >= 4 is 17.5 Å². The van der Waals surface area contributed by atoms with Crippen LogP contribution in [0.15, 0.2) is 48.5 Å². The fourth-order valence-electron chi connectivity index (χ4n) is 3.81. The maximum absolute atomic E-state index is 12.8. The summed E-state index contributed by atoms with van der Waals surface area (Å²) >= 11 is 6.03. The SMILES string of the molecule is CC(C)CC(=O)N1CCN(C[C@@H](OCc2ccc(C(F)(F)F)cc2)c2ccc(Cl)cc2)CC1. The lowest BCUT2D eigenvalue weighted by Gasteiger charge is -2.36. The molecule has 0 unspecified atom stereocenters. The van der Waals surface area contributed by atoms with Gasteiger partial charge in [0.2, 0.25) is 5.91 Å². The highest BCUT2D eigenvalue weighted by molar-refractivity contribution is 6.30. The predicted octanol–water partition coefficient (Wildman–Crippen LogP) is 5.81. The van der Waals surface area contributed by atoms with Crippen LogP contribution in [0.3, 0.4) is 0 Å². The van der Waals surface area contributed by atoms with Crippen LogP contribution in [0, 0.1) is 5.92 Å². The van der Waals surface area contributed by atoms with E-state index in [4.69, 9.17) is 16.3 Å². The number of hydrogen-bond acceptors (Lipinski definition) is 3. The van der Waals surface area contributed by atoms with E-state index in [1.165, 1.54) is 12.1 Å². The molecule has 4 nitrogen and oxygen atoms in total. The van der Waals surface area contributed by atoms with Crippen molar-refractivity contribution in [2.45, 2.75) is 39.2 Å². The topological polar surface area (TPSA) is 32.8 Å². The Hall–Kier alpha value is -2.09. The van der Waals surface area contributed by atoms with Gasteiger partial charge in [0.25, 0.3) is 0 Å². The number of carbonyl (C=O) groups is 1. The highest BCUT2D eigenvalue weighted by Crippen LogP contribution is 2.30. The molecule has 0 radical (unpaired) electrons. The molecule has 0 N–H and O–H groups in total. The molecule has 1 fully saturated rings. The van der Waals surface area contributed by atoms with Gasteiger partial charge in [0.1, 0.15) is 0 Å². The van der Waals surface area contributed by atoms with Crippen LogP contribution in [0.2, 0.25) is 5.02 Å². The first-order chi connectivity index (χ1) is 15.6. The summed E-state index contributed by atoms with van der Waals surface area (Å²) < 4.78 is 44.6. The van der Waals surface area contributed by atoms with Gasteiger partial charge >= 0.3 is 6.18 Å². The van der Waals surface area contributed by atoms with Crippen LogP contribution in [0.25, 0.3) is 0 Å². The monoisotopic (exact) mass is 482 g/mol. The minimum Gasteiger partial charge on any atom is -0.368 e. The van der Waals surface area contributed by atoms with E-state index in [1.54, 1.807) is 12.1 Å². The lowest BCUT2D eigenvalue weighted by molar-refractivity contribution is -0.137. The van der Waals surface area contributed by atoms with E-state index >= 15 is 0 Å². The molecular weight excluding hydrogens is 453 g/mol. The van der Waals surface area contributed by atoms with Crippen molar-refractivity contribution in [3.63, 3.8) is 0 Å². The third kappa shape index (κ3) is 7.73. The molecule has 2 aromatic carbocycles. The Labute approximate surface area is 198 Å². The smallest absolute Gasteiger partial charge is 0.368 e. The molecule has 0 spiro atoms. The van der Waals surface area contributed by atoms with Gasteiger partial charge < -0.3 is 9.64 Å². The van der Waals surface area contributed by atoms with Crippen LogP contribution in [-0.2, 0) is 22.3 Å². The quantitative estimate of drug-likeness (QED) is 0.476. The number of alkyl halides is 3. The third-order valence-corrected chi connectivity index (χ3v) is 5.96. The average molecular weight is 483 g/mol. The minimum atomic E-state index is -4.36. The zero-order valence-electron chi connectivity index (χ0n) is 18.9. The van der Waals surface area contributed by atoms with Crippen molar-refractivity contribution in [2.24, 2.45) is 5.92 Å². The molecule has 1 aliphatic rings. The number of ether oxygens (including phenoxy) is 1. The second-order valence-corrected chi connectivity index (χ2v) is 9.26. The second kappa shape index (κ2) is 11.4. The van der Waals surface area contributed by atoms with Gasteiger partial charge in [-0.25, -0.2) is 0 Å². The van der Waals surface area contributed by atoms with Crippen molar-refractivity contribution < 1.29 is 22.7 Å². The van der Waals surface area contributed by atoms with Crippen LogP contribution in [-0.4, -0.2) is 48.4 Å². The van der Waals surface area contributed by atoms with Crippen LogP contribution in [0.1, 0.15) is 43.1 Å². The Bertz CT molecular complexity index is 893. The molecule has 8 heteroatoms. The standard InChI is InChI=1S/C25H30ClF3N2O2/c1-18(2)15-24(32)31-13-11-30(12-14-31)16-23(20-5-9-22(26)10-6-20)33-17-19-3-7-21(8-4-19)25(27,28)29/h3-10,18,23H,11-17H2,1-2H3/t23-/m1/s1. The molecule has 1 atom stereocenters. The first-order valence-electron chi connectivity index (χ1n) is 11.1. The lowest BCUT2D eigenvalue weighted by Crippen LogP contribution is -2.49. The fourth-order valence-corrected chi connectivity index (χ4v) is 3.94. The van der Waals surface area contributed by atoms with Crippen LogP contribution < -0.4 is 0 Å². The van der Waals surface area contributed by atoms with Gasteiger partial charge in [0.15, 0.2) is 0 Å². The average Bonchev–Trinajstić information content (AvgIpc) is 2.77. The summed E-state index contributed by atoms with van der Waals surface area (Å²) in [7, 11) is 0. The van der Waals surface area contributed by atoms with Crippen molar-refractivity contribution in [2.75, 3.05) is 32.7 Å². The van der Waals surface area contributed by atoms with Crippen LogP contribution >= 0.6 is 11.6 Å². The number of amides is 1. The Morgan fingerprint density at radius 1 is 1.00 bits per heavy atom. The van der Waals surface area contributed by atoms with Gasteiger partial charge in [0, 0.05) is 44.2 Å². The predicted molar refractivity (Wildman–Crippen MR) is 123 cm³/mol. The van der Waals surface area contributed by atoms with E-state index in [-0.39, 0.29) is 18.6 Å². The molecule has 1 saturated heterocycles. The molecule has 1 amide bonds. The zero-order chi connectivity index (χ0) is 24.0. The summed E-state index contributed by atoms with van der Waals surface area (Å²) in [4.78, 5) is 16.5. The number of halogens is 4. The largest absolute Gasteiger partial charge is 0.416 e. The highest BCUT2D eigenvalue weighted by atomic mass is 35.5. The molecule has 2 aromatic rings. The number of piperazine rings is 1. The fraction of sp³-hybridized carbons (Fsp3) is 0.480. The molecule has 0 bridgehead atoms. The van der Waals surface area contributed by atoms with E-state index in [1.807, 2.05) is 30.9 Å². The van der Waals surface area contributed by atoms with Gasteiger partial charge in [-0.1, -0.05) is 49.7 Å². The summed E-state index contributed by atoms with van der Waals surface area (Å²) in [5.41, 5.74) is 0.945. The van der Waals surface area contributed by atoms with Crippen LogP contribution in [0.4, 0.5) is 13.2 Å². The van der Waals surface area contributed by atoms with E-state index < -0.39 is 11.7 Å². The Morgan fingerprint density at radius 2 is 1.61 bits per heavy atom. The summed E-state index contributed by atoms with van der Waals surface area (Å²) in [6, 6.07) is 12.4. The van der Waals surface area contributed by atoms with Gasteiger partial charge in [-0.2, -0.15) is 13.2 Å². The van der Waals surface area contributed by atoms with Gasteiger partial charge in [0.05, 0.1) is 18.3 Å². The van der Waals surface area contributed by atoms with E-state index in [0.29, 0.717) is 42.6 Å².